The van der Waals surface area contributed by atoms with Crippen molar-refractivity contribution in [1.82, 2.24) is 5.32 Å². The molecule has 16 heavy (non-hydrogen) atoms. The van der Waals surface area contributed by atoms with Gasteiger partial charge in [-0.3, -0.25) is 0 Å². The molecule has 1 aromatic carbocycles. The fourth-order valence-electron chi connectivity index (χ4n) is 1.24. The molecule has 0 atom stereocenters. The van der Waals surface area contributed by atoms with Gasteiger partial charge in [0.1, 0.15) is 5.82 Å². The Labute approximate surface area is 95.0 Å². The van der Waals surface area contributed by atoms with Crippen molar-refractivity contribution < 1.29 is 9.18 Å². The summed E-state index contributed by atoms with van der Waals surface area (Å²) in [5, 5.41) is 5.36. The van der Waals surface area contributed by atoms with Crippen LogP contribution in [0, 0.1) is 12.7 Å². The van der Waals surface area contributed by atoms with Gasteiger partial charge in [0.15, 0.2) is 0 Å². The normalized spacial score (nSPS) is 11.1. The number of nitrogens with one attached hydrogen (secondary N) is 2. The number of urea groups is 1. The SMILES string of the molecule is Cc1c(F)cccc1NC(=O)NC(C)(C)C. The zero-order valence-corrected chi connectivity index (χ0v) is 10.0. The lowest BCUT2D eigenvalue weighted by Crippen LogP contribution is -2.43. The number of halogens is 1. The molecule has 88 valence electrons. The van der Waals surface area contributed by atoms with Crippen LogP contribution in [0.2, 0.25) is 0 Å². The Morgan fingerprint density at radius 1 is 1.31 bits per heavy atom. The Morgan fingerprint density at radius 2 is 1.94 bits per heavy atom. The van der Waals surface area contributed by atoms with E-state index in [0.29, 0.717) is 11.3 Å². The highest BCUT2D eigenvalue weighted by Crippen LogP contribution is 2.17. The number of anilines is 1. The van der Waals surface area contributed by atoms with E-state index >= 15 is 0 Å². The molecule has 0 heterocycles. The number of benzene rings is 1. The van der Waals surface area contributed by atoms with Crippen LogP contribution >= 0.6 is 0 Å². The van der Waals surface area contributed by atoms with Crippen LogP contribution in [-0.2, 0) is 0 Å². The summed E-state index contributed by atoms with van der Waals surface area (Å²) >= 11 is 0. The van der Waals surface area contributed by atoms with E-state index in [2.05, 4.69) is 10.6 Å². The summed E-state index contributed by atoms with van der Waals surface area (Å²) < 4.78 is 13.2. The van der Waals surface area contributed by atoms with Crippen LogP contribution in [0.1, 0.15) is 26.3 Å². The van der Waals surface area contributed by atoms with Crippen molar-refractivity contribution in [2.45, 2.75) is 33.2 Å². The predicted molar refractivity (Wildman–Crippen MR) is 63.0 cm³/mol. The third kappa shape index (κ3) is 3.53. The average molecular weight is 224 g/mol. The van der Waals surface area contributed by atoms with Gasteiger partial charge in [0.2, 0.25) is 0 Å². The molecular formula is C12H17FN2O. The topological polar surface area (TPSA) is 41.1 Å². The Morgan fingerprint density at radius 3 is 2.50 bits per heavy atom. The monoisotopic (exact) mass is 224 g/mol. The first-order valence-electron chi connectivity index (χ1n) is 5.14. The van der Waals surface area contributed by atoms with Crippen LogP contribution in [0.4, 0.5) is 14.9 Å². The quantitative estimate of drug-likeness (QED) is 0.756. The summed E-state index contributed by atoms with van der Waals surface area (Å²) in [5.74, 6) is -0.325. The van der Waals surface area contributed by atoms with E-state index in [-0.39, 0.29) is 17.4 Å². The third-order valence-electron chi connectivity index (χ3n) is 2.00. The van der Waals surface area contributed by atoms with Crippen molar-refractivity contribution in [3.05, 3.63) is 29.6 Å². The summed E-state index contributed by atoms with van der Waals surface area (Å²) in [4.78, 5) is 11.5. The van der Waals surface area contributed by atoms with E-state index < -0.39 is 0 Å². The van der Waals surface area contributed by atoms with Crippen molar-refractivity contribution in [3.8, 4) is 0 Å². The van der Waals surface area contributed by atoms with E-state index in [1.807, 2.05) is 20.8 Å². The Kier molecular flexibility index (Phi) is 3.52. The van der Waals surface area contributed by atoms with Gasteiger partial charge in [0.25, 0.3) is 0 Å². The maximum absolute atomic E-state index is 13.2. The van der Waals surface area contributed by atoms with E-state index in [4.69, 9.17) is 0 Å². The molecule has 0 aromatic heterocycles. The van der Waals surface area contributed by atoms with E-state index in [1.165, 1.54) is 6.07 Å². The fraction of sp³-hybridized carbons (Fsp3) is 0.417. The highest BCUT2D eigenvalue weighted by Gasteiger charge is 2.14. The number of amides is 2. The van der Waals surface area contributed by atoms with Crippen molar-refractivity contribution in [2.75, 3.05) is 5.32 Å². The largest absolute Gasteiger partial charge is 0.333 e. The van der Waals surface area contributed by atoms with Crippen molar-refractivity contribution in [2.24, 2.45) is 0 Å². The van der Waals surface area contributed by atoms with Crippen molar-refractivity contribution in [3.63, 3.8) is 0 Å². The molecule has 0 spiro atoms. The summed E-state index contributed by atoms with van der Waals surface area (Å²) in [6.45, 7) is 7.27. The molecule has 0 fully saturated rings. The summed E-state index contributed by atoms with van der Waals surface area (Å²) in [6, 6.07) is 4.26. The number of rotatable bonds is 1. The van der Waals surface area contributed by atoms with Crippen molar-refractivity contribution in [1.29, 1.82) is 0 Å². The molecule has 0 aliphatic rings. The van der Waals surface area contributed by atoms with Gasteiger partial charge in [-0.2, -0.15) is 0 Å². The molecule has 0 bridgehead atoms. The van der Waals surface area contributed by atoms with Gasteiger partial charge in [-0.25, -0.2) is 9.18 Å². The Hall–Kier alpha value is -1.58. The molecular weight excluding hydrogens is 207 g/mol. The Balaban J connectivity index is 2.74. The molecule has 1 rings (SSSR count). The van der Waals surface area contributed by atoms with Gasteiger partial charge in [0.05, 0.1) is 0 Å². The zero-order valence-electron chi connectivity index (χ0n) is 10.0. The smallest absolute Gasteiger partial charge is 0.319 e. The zero-order chi connectivity index (χ0) is 12.3. The van der Waals surface area contributed by atoms with Crippen LogP contribution in [0.15, 0.2) is 18.2 Å². The minimum atomic E-state index is -0.332. The predicted octanol–water partition coefficient (Wildman–Crippen LogP) is 3.05. The average Bonchev–Trinajstić information content (AvgIpc) is 2.09. The Bertz CT molecular complexity index is 396. The minimum Gasteiger partial charge on any atom is -0.333 e. The molecule has 1 aromatic rings. The van der Waals surface area contributed by atoms with Crippen LogP contribution in [-0.4, -0.2) is 11.6 Å². The maximum Gasteiger partial charge on any atom is 0.319 e. The minimum absolute atomic E-state index is 0.314. The summed E-state index contributed by atoms with van der Waals surface area (Å²) in [5.41, 5.74) is 0.610. The number of hydrogen-bond donors (Lipinski definition) is 2. The number of carbonyl (C=O) groups excluding carboxylic acids is 1. The highest BCUT2D eigenvalue weighted by molar-refractivity contribution is 5.90. The van der Waals surface area contributed by atoms with Gasteiger partial charge < -0.3 is 10.6 Å². The fourth-order valence-corrected chi connectivity index (χ4v) is 1.24. The van der Waals surface area contributed by atoms with Gasteiger partial charge in [-0.1, -0.05) is 6.07 Å². The van der Waals surface area contributed by atoms with Gasteiger partial charge in [-0.05, 0) is 39.8 Å². The lowest BCUT2D eigenvalue weighted by Gasteiger charge is -2.21. The second kappa shape index (κ2) is 4.51. The number of carbonyl (C=O) groups is 1. The molecule has 0 radical (unpaired) electrons. The van der Waals surface area contributed by atoms with Gasteiger partial charge >= 0.3 is 6.03 Å². The van der Waals surface area contributed by atoms with Gasteiger partial charge in [-0.15, -0.1) is 0 Å². The molecule has 2 N–H and O–H groups in total. The highest BCUT2D eigenvalue weighted by atomic mass is 19.1. The van der Waals surface area contributed by atoms with Crippen molar-refractivity contribution >= 4 is 11.7 Å². The summed E-state index contributed by atoms with van der Waals surface area (Å²) in [7, 11) is 0. The third-order valence-corrected chi connectivity index (χ3v) is 2.00. The van der Waals surface area contributed by atoms with Crippen LogP contribution < -0.4 is 10.6 Å². The van der Waals surface area contributed by atoms with E-state index in [1.54, 1.807) is 19.1 Å². The maximum atomic E-state index is 13.2. The molecule has 0 aliphatic heterocycles. The second-order valence-electron chi connectivity index (χ2n) is 4.74. The van der Waals surface area contributed by atoms with E-state index in [9.17, 15) is 9.18 Å². The molecule has 0 saturated carbocycles. The summed E-state index contributed by atoms with van der Waals surface area (Å²) in [6.07, 6.45) is 0. The standard InChI is InChI=1S/C12H17FN2O/c1-8-9(13)6-5-7-10(8)14-11(16)15-12(2,3)4/h5-7H,1-4H3,(H2,14,15,16). The first kappa shape index (κ1) is 12.5. The molecule has 2 amide bonds. The van der Waals surface area contributed by atoms with Crippen LogP contribution in [0.5, 0.6) is 0 Å². The van der Waals surface area contributed by atoms with Crippen LogP contribution in [0.25, 0.3) is 0 Å². The molecule has 0 saturated heterocycles. The number of hydrogen-bond acceptors (Lipinski definition) is 1. The van der Waals surface area contributed by atoms with Gasteiger partial charge in [0, 0.05) is 16.8 Å². The van der Waals surface area contributed by atoms with E-state index in [0.717, 1.165) is 0 Å². The lowest BCUT2D eigenvalue weighted by atomic mass is 10.1. The molecule has 0 aliphatic carbocycles. The first-order chi connectivity index (χ1) is 7.29. The van der Waals surface area contributed by atoms with Crippen LogP contribution in [0.3, 0.4) is 0 Å². The molecule has 3 nitrogen and oxygen atoms in total. The molecule has 4 heteroatoms. The second-order valence-corrected chi connectivity index (χ2v) is 4.74. The first-order valence-corrected chi connectivity index (χ1v) is 5.14. The molecule has 0 unspecified atom stereocenters. The lowest BCUT2D eigenvalue weighted by molar-refractivity contribution is 0.244.